The lowest BCUT2D eigenvalue weighted by molar-refractivity contribution is -0.384. The number of nitro groups is 1. The third-order valence-electron chi connectivity index (χ3n) is 5.86. The van der Waals surface area contributed by atoms with E-state index in [1.54, 1.807) is 0 Å². The topological polar surface area (TPSA) is 108 Å². The van der Waals surface area contributed by atoms with Crippen LogP contribution in [-0.4, -0.2) is 34.8 Å². The van der Waals surface area contributed by atoms with Gasteiger partial charge in [-0.15, -0.1) is 0 Å². The first kappa shape index (κ1) is 20.6. The van der Waals surface area contributed by atoms with Gasteiger partial charge in [-0.25, -0.2) is 4.79 Å². The van der Waals surface area contributed by atoms with Crippen LogP contribution in [0.4, 0.5) is 27.5 Å². The van der Waals surface area contributed by atoms with Crippen molar-refractivity contribution in [3.05, 3.63) is 58.1 Å². The number of nitrogens with one attached hydrogen (secondary N) is 2. The van der Waals surface area contributed by atoms with E-state index >= 15 is 0 Å². The highest BCUT2D eigenvalue weighted by atomic mass is 16.6. The maximum Gasteiger partial charge on any atom is 0.323 e. The summed E-state index contributed by atoms with van der Waals surface area (Å²) >= 11 is 0. The van der Waals surface area contributed by atoms with Gasteiger partial charge in [0.05, 0.1) is 16.6 Å². The van der Waals surface area contributed by atoms with Gasteiger partial charge in [0, 0.05) is 41.7 Å². The van der Waals surface area contributed by atoms with E-state index < -0.39 is 28.0 Å². The molecule has 8 nitrogen and oxygen atoms in total. The summed E-state index contributed by atoms with van der Waals surface area (Å²) < 4.78 is 0. The van der Waals surface area contributed by atoms with E-state index in [1.165, 1.54) is 24.3 Å². The van der Waals surface area contributed by atoms with Crippen LogP contribution in [0.2, 0.25) is 0 Å². The normalized spacial score (nSPS) is 19.2. The second-order valence-electron chi connectivity index (χ2n) is 8.45. The molecule has 1 aliphatic rings. The van der Waals surface area contributed by atoms with Gasteiger partial charge in [-0.05, 0) is 49.7 Å². The number of carbonyl (C=O) groups excluding carboxylic acids is 1. The average Bonchev–Trinajstić information content (AvgIpc) is 2.66. The Bertz CT molecular complexity index is 954. The molecule has 0 fully saturated rings. The predicted molar refractivity (Wildman–Crippen MR) is 114 cm³/mol. The molecule has 0 spiro atoms. The smallest absolute Gasteiger partial charge is 0.323 e. The first-order valence-corrected chi connectivity index (χ1v) is 9.33. The van der Waals surface area contributed by atoms with E-state index in [4.69, 9.17) is 0 Å². The lowest BCUT2D eigenvalue weighted by Crippen LogP contribution is -2.61. The Labute approximate surface area is 169 Å². The van der Waals surface area contributed by atoms with E-state index in [-0.39, 0.29) is 5.69 Å². The zero-order valence-corrected chi connectivity index (χ0v) is 17.2. The fourth-order valence-electron chi connectivity index (χ4n) is 3.91. The van der Waals surface area contributed by atoms with Crippen molar-refractivity contribution < 1.29 is 14.8 Å². The van der Waals surface area contributed by atoms with Crippen molar-refractivity contribution >= 4 is 28.8 Å². The minimum absolute atomic E-state index is 0.0431. The lowest BCUT2D eigenvalue weighted by Gasteiger charge is -2.53. The van der Waals surface area contributed by atoms with E-state index in [9.17, 15) is 20.0 Å². The summed E-state index contributed by atoms with van der Waals surface area (Å²) in [4.78, 5) is 24.6. The van der Waals surface area contributed by atoms with Crippen molar-refractivity contribution in [2.75, 3.05) is 22.6 Å². The fourth-order valence-corrected chi connectivity index (χ4v) is 3.91. The number of aliphatic hydroxyl groups is 1. The van der Waals surface area contributed by atoms with Crippen LogP contribution < -0.4 is 15.5 Å². The van der Waals surface area contributed by atoms with Crippen molar-refractivity contribution in [3.8, 4) is 0 Å². The molecule has 3 rings (SSSR count). The van der Waals surface area contributed by atoms with Crippen molar-refractivity contribution in [1.29, 1.82) is 0 Å². The minimum Gasteiger partial charge on any atom is -0.390 e. The summed E-state index contributed by atoms with van der Waals surface area (Å²) in [5, 5.41) is 27.1. The summed E-state index contributed by atoms with van der Waals surface area (Å²) in [6, 6.07) is 10.8. The molecule has 1 heterocycles. The Kier molecular flexibility index (Phi) is 5.00. The molecule has 8 heteroatoms. The second-order valence-corrected chi connectivity index (χ2v) is 8.45. The number of fused-ring (bicyclic) bond motifs is 1. The molecule has 0 aromatic heterocycles. The maximum absolute atomic E-state index is 12.3. The van der Waals surface area contributed by atoms with Gasteiger partial charge in [0.2, 0.25) is 0 Å². The van der Waals surface area contributed by atoms with Crippen LogP contribution in [0, 0.1) is 10.1 Å². The van der Waals surface area contributed by atoms with Crippen LogP contribution >= 0.6 is 0 Å². The van der Waals surface area contributed by atoms with Gasteiger partial charge in [-0.3, -0.25) is 10.1 Å². The third kappa shape index (κ3) is 3.63. The highest BCUT2D eigenvalue weighted by Gasteiger charge is 2.48. The zero-order valence-electron chi connectivity index (χ0n) is 17.2. The van der Waals surface area contributed by atoms with Crippen molar-refractivity contribution in [2.45, 2.75) is 44.8 Å². The monoisotopic (exact) mass is 398 g/mol. The molecule has 1 atom stereocenters. The van der Waals surface area contributed by atoms with Gasteiger partial charge in [0.15, 0.2) is 0 Å². The van der Waals surface area contributed by atoms with Crippen LogP contribution in [0.1, 0.15) is 33.3 Å². The maximum atomic E-state index is 12.3. The van der Waals surface area contributed by atoms with Gasteiger partial charge < -0.3 is 20.6 Å². The van der Waals surface area contributed by atoms with Gasteiger partial charge in [-0.2, -0.15) is 0 Å². The second kappa shape index (κ2) is 7.04. The van der Waals surface area contributed by atoms with E-state index in [2.05, 4.69) is 15.5 Å². The van der Waals surface area contributed by atoms with Gasteiger partial charge in [-0.1, -0.05) is 13.8 Å². The van der Waals surface area contributed by atoms with Crippen LogP contribution in [0.3, 0.4) is 0 Å². The summed E-state index contributed by atoms with van der Waals surface area (Å²) in [7, 11) is 1.95. The van der Waals surface area contributed by atoms with E-state index in [0.29, 0.717) is 11.4 Å². The lowest BCUT2D eigenvalue weighted by atomic mass is 9.67. The molecule has 0 saturated carbocycles. The number of aliphatic hydroxyl groups excluding tert-OH is 1. The number of rotatable bonds is 3. The van der Waals surface area contributed by atoms with Crippen LogP contribution in [0.15, 0.2) is 42.5 Å². The number of benzene rings is 2. The summed E-state index contributed by atoms with van der Waals surface area (Å²) in [5.41, 5.74) is 2.02. The number of nitro benzene ring substituents is 1. The summed E-state index contributed by atoms with van der Waals surface area (Å²) in [6.45, 7) is 8.00. The first-order valence-electron chi connectivity index (χ1n) is 9.33. The molecule has 29 heavy (non-hydrogen) atoms. The highest BCUT2D eigenvalue weighted by molar-refractivity contribution is 6.00. The number of hydrogen-bond acceptors (Lipinski definition) is 5. The molecule has 3 N–H and O–H groups in total. The molecule has 0 bridgehead atoms. The fraction of sp³-hybridized carbons (Fsp3) is 0.381. The molecule has 154 valence electrons. The summed E-state index contributed by atoms with van der Waals surface area (Å²) in [5.74, 6) is 0. The van der Waals surface area contributed by atoms with E-state index in [1.807, 2.05) is 52.9 Å². The Morgan fingerprint density at radius 1 is 1.07 bits per heavy atom. The molecule has 0 radical (unpaired) electrons. The zero-order chi connectivity index (χ0) is 21.6. The van der Waals surface area contributed by atoms with E-state index in [0.717, 1.165) is 11.3 Å². The van der Waals surface area contributed by atoms with Gasteiger partial charge in [0.1, 0.15) is 0 Å². The van der Waals surface area contributed by atoms with Gasteiger partial charge >= 0.3 is 6.03 Å². The Balaban J connectivity index is 1.80. The number of nitrogens with zero attached hydrogens (tertiary/aromatic N) is 2. The minimum atomic E-state index is -0.600. The Morgan fingerprint density at radius 3 is 2.21 bits per heavy atom. The molecule has 1 unspecified atom stereocenters. The third-order valence-corrected chi connectivity index (χ3v) is 5.86. The Morgan fingerprint density at radius 2 is 1.62 bits per heavy atom. The number of amides is 2. The van der Waals surface area contributed by atoms with Crippen molar-refractivity contribution in [1.82, 2.24) is 0 Å². The van der Waals surface area contributed by atoms with Crippen molar-refractivity contribution in [3.63, 3.8) is 0 Å². The largest absolute Gasteiger partial charge is 0.390 e. The number of carbonyl (C=O) groups is 1. The number of anilines is 3. The Hall–Kier alpha value is -3.13. The van der Waals surface area contributed by atoms with Crippen LogP contribution in [-0.2, 0) is 5.41 Å². The highest BCUT2D eigenvalue weighted by Crippen LogP contribution is 2.47. The summed E-state index contributed by atoms with van der Waals surface area (Å²) in [6.07, 6.45) is -0.600. The molecule has 2 aromatic carbocycles. The number of hydrogen-bond donors (Lipinski definition) is 3. The van der Waals surface area contributed by atoms with Crippen LogP contribution in [0.25, 0.3) is 0 Å². The SMILES string of the molecule is CN1c2ccc(NC(=O)Nc3ccc([N+](=O)[O-])cc3)cc2C(C)(C)C(O)C1(C)C. The molecule has 2 aromatic rings. The predicted octanol–water partition coefficient (Wildman–Crippen LogP) is 4.11. The number of likely N-dealkylation sites (N-methyl/N-ethyl adjacent to an activating group) is 1. The van der Waals surface area contributed by atoms with Crippen LogP contribution in [0.5, 0.6) is 0 Å². The molecule has 0 aliphatic carbocycles. The average molecular weight is 398 g/mol. The first-order chi connectivity index (χ1) is 13.4. The molecular formula is C21H26N4O4. The number of urea groups is 1. The molecule has 0 saturated heterocycles. The molecule has 2 amide bonds. The quantitative estimate of drug-likeness (QED) is 0.533. The molecule has 1 aliphatic heterocycles. The standard InChI is InChI=1S/C21H26N4O4/c1-20(2)16-12-14(8-11-17(16)24(5)21(3,4)18(20)26)23-19(27)22-13-6-9-15(10-7-13)25(28)29/h6-12,18,26H,1-5H3,(H2,22,23,27). The molecular weight excluding hydrogens is 372 g/mol. The van der Waals surface area contributed by atoms with Crippen molar-refractivity contribution in [2.24, 2.45) is 0 Å². The van der Waals surface area contributed by atoms with Gasteiger partial charge in [0.25, 0.3) is 5.69 Å². The number of non-ortho nitro benzene ring substituents is 1.